The van der Waals surface area contributed by atoms with Gasteiger partial charge in [0.05, 0.1) is 7.05 Å². The Morgan fingerprint density at radius 3 is 2.81 bits per heavy atom. The van der Waals surface area contributed by atoms with E-state index < -0.39 is 0 Å². The van der Waals surface area contributed by atoms with Crippen molar-refractivity contribution >= 4 is 11.6 Å². The lowest BCUT2D eigenvalue weighted by Crippen LogP contribution is -2.34. The molecule has 1 aromatic heterocycles. The summed E-state index contributed by atoms with van der Waals surface area (Å²) in [7, 11) is 1.74. The molecule has 1 aromatic carbocycles. The number of aryl methyl sites for hydroxylation is 1. The van der Waals surface area contributed by atoms with Crippen LogP contribution in [0.3, 0.4) is 0 Å². The van der Waals surface area contributed by atoms with Gasteiger partial charge >= 0.3 is 0 Å². The van der Waals surface area contributed by atoms with E-state index in [0.717, 1.165) is 18.5 Å². The first kappa shape index (κ1) is 15.9. The zero-order valence-electron chi connectivity index (χ0n) is 12.2. The molecule has 0 fully saturated rings. The summed E-state index contributed by atoms with van der Waals surface area (Å²) in [5, 5.41) is 15.9. The fourth-order valence-electron chi connectivity index (χ4n) is 2.14. The molecule has 0 bridgehead atoms. The van der Waals surface area contributed by atoms with Crippen LogP contribution in [-0.2, 0) is 19.9 Å². The fraction of sp³-hybridized carbons (Fsp3) is 0.500. The smallest absolute Gasteiger partial charge is 0.176 e. The maximum atomic E-state index is 13.1. The number of nitrogens with one attached hydrogen (secondary N) is 1. The first-order valence-corrected chi connectivity index (χ1v) is 7.36. The van der Waals surface area contributed by atoms with E-state index in [0.29, 0.717) is 23.7 Å². The van der Waals surface area contributed by atoms with Crippen molar-refractivity contribution in [1.29, 1.82) is 0 Å². The summed E-state index contributed by atoms with van der Waals surface area (Å²) >= 11 is 6.10. The van der Waals surface area contributed by atoms with Crippen molar-refractivity contribution in [2.75, 3.05) is 6.54 Å². The Labute approximate surface area is 128 Å². The average Bonchev–Trinajstić information content (AvgIpc) is 2.84. The van der Waals surface area contributed by atoms with Gasteiger partial charge in [0.15, 0.2) is 5.82 Å². The molecule has 5 nitrogen and oxygen atoms in total. The minimum Gasteiger partial charge on any atom is -0.313 e. The molecule has 1 atom stereocenters. The molecule has 0 saturated carbocycles. The Bertz CT molecular complexity index is 586. The lowest BCUT2D eigenvalue weighted by Gasteiger charge is -2.17. The Balaban J connectivity index is 2.08. The largest absolute Gasteiger partial charge is 0.313 e. The molecule has 0 radical (unpaired) electrons. The zero-order valence-corrected chi connectivity index (χ0v) is 12.9. The Kier molecular flexibility index (Phi) is 5.64. The molecule has 7 heteroatoms. The minimum atomic E-state index is -0.322. The molecule has 0 spiro atoms. The monoisotopic (exact) mass is 311 g/mol. The molecular formula is C14H19ClFN5. The van der Waals surface area contributed by atoms with Gasteiger partial charge < -0.3 is 5.32 Å². The Hall–Kier alpha value is -1.53. The molecule has 0 aliphatic carbocycles. The second-order valence-corrected chi connectivity index (χ2v) is 5.40. The number of hydrogen-bond acceptors (Lipinski definition) is 4. The van der Waals surface area contributed by atoms with Gasteiger partial charge in [0, 0.05) is 17.5 Å². The predicted octanol–water partition coefficient (Wildman–Crippen LogP) is 2.16. The van der Waals surface area contributed by atoms with Crippen LogP contribution in [0.15, 0.2) is 18.2 Å². The highest BCUT2D eigenvalue weighted by Crippen LogP contribution is 2.19. The molecule has 2 rings (SSSR count). The molecule has 0 aliphatic rings. The third-order valence-electron chi connectivity index (χ3n) is 3.14. The molecule has 2 aromatic rings. The maximum Gasteiger partial charge on any atom is 0.176 e. The molecule has 1 heterocycles. The second-order valence-electron chi connectivity index (χ2n) is 4.99. The summed E-state index contributed by atoms with van der Waals surface area (Å²) in [4.78, 5) is 1.44. The van der Waals surface area contributed by atoms with Crippen molar-refractivity contribution in [3.05, 3.63) is 40.4 Å². The number of nitrogens with zero attached hydrogens (tertiary/aromatic N) is 4. The lowest BCUT2D eigenvalue weighted by atomic mass is 10.0. The number of benzene rings is 1. The third kappa shape index (κ3) is 4.75. The summed E-state index contributed by atoms with van der Waals surface area (Å²) in [5.74, 6) is 0.363. The number of hydrogen-bond donors (Lipinski definition) is 1. The van der Waals surface area contributed by atoms with Crippen LogP contribution in [0.4, 0.5) is 4.39 Å². The second kappa shape index (κ2) is 7.47. The van der Waals surface area contributed by atoms with Gasteiger partial charge in [0.25, 0.3) is 0 Å². The quantitative estimate of drug-likeness (QED) is 0.851. The molecule has 0 amide bonds. The molecule has 1 unspecified atom stereocenters. The molecule has 1 N–H and O–H groups in total. The predicted molar refractivity (Wildman–Crippen MR) is 79.7 cm³/mol. The van der Waals surface area contributed by atoms with Gasteiger partial charge in [0.1, 0.15) is 5.82 Å². The zero-order chi connectivity index (χ0) is 15.2. The maximum absolute atomic E-state index is 13.1. The van der Waals surface area contributed by atoms with Crippen LogP contribution >= 0.6 is 11.6 Å². The van der Waals surface area contributed by atoms with Crippen LogP contribution in [0, 0.1) is 5.82 Å². The molecular weight excluding hydrogens is 293 g/mol. The van der Waals surface area contributed by atoms with Crippen LogP contribution < -0.4 is 5.32 Å². The standard InChI is InChI=1S/C14H19ClFN5/c1-3-6-17-12(9-14-18-20-21(2)19-14)7-10-4-5-11(16)8-13(10)15/h4-5,8,12,17H,3,6-7,9H2,1-2H3. The van der Waals surface area contributed by atoms with Crippen molar-refractivity contribution in [2.24, 2.45) is 7.05 Å². The van der Waals surface area contributed by atoms with Crippen LogP contribution in [0.25, 0.3) is 0 Å². The summed E-state index contributed by atoms with van der Waals surface area (Å²) in [5.41, 5.74) is 0.913. The number of halogens is 2. The van der Waals surface area contributed by atoms with Gasteiger partial charge in [-0.05, 0) is 42.3 Å². The van der Waals surface area contributed by atoms with Crippen molar-refractivity contribution < 1.29 is 4.39 Å². The molecule has 0 aliphatic heterocycles. The topological polar surface area (TPSA) is 55.6 Å². The van der Waals surface area contributed by atoms with Crippen molar-refractivity contribution in [1.82, 2.24) is 25.5 Å². The van der Waals surface area contributed by atoms with Crippen LogP contribution in [0.1, 0.15) is 24.7 Å². The summed E-state index contributed by atoms with van der Waals surface area (Å²) in [6.45, 7) is 3.00. The average molecular weight is 312 g/mol. The highest BCUT2D eigenvalue weighted by Gasteiger charge is 2.15. The Morgan fingerprint density at radius 2 is 2.19 bits per heavy atom. The first-order valence-electron chi connectivity index (χ1n) is 6.98. The van der Waals surface area contributed by atoms with E-state index in [-0.39, 0.29) is 11.9 Å². The highest BCUT2D eigenvalue weighted by atomic mass is 35.5. The number of aromatic nitrogens is 4. The van der Waals surface area contributed by atoms with Gasteiger partial charge in [-0.1, -0.05) is 24.6 Å². The van der Waals surface area contributed by atoms with E-state index in [4.69, 9.17) is 11.6 Å². The van der Waals surface area contributed by atoms with Crippen molar-refractivity contribution in [2.45, 2.75) is 32.2 Å². The molecule has 0 saturated heterocycles. The van der Waals surface area contributed by atoms with E-state index in [1.54, 1.807) is 13.1 Å². The number of rotatable bonds is 7. The summed E-state index contributed by atoms with van der Waals surface area (Å²) < 4.78 is 13.1. The third-order valence-corrected chi connectivity index (χ3v) is 3.50. The first-order chi connectivity index (χ1) is 10.1. The van der Waals surface area contributed by atoms with E-state index in [9.17, 15) is 4.39 Å². The normalized spacial score (nSPS) is 12.6. The SMILES string of the molecule is CCCNC(Cc1nnn(C)n1)Cc1ccc(F)cc1Cl. The molecule has 114 valence electrons. The summed E-state index contributed by atoms with van der Waals surface area (Å²) in [6.07, 6.45) is 2.38. The highest BCUT2D eigenvalue weighted by molar-refractivity contribution is 6.31. The van der Waals surface area contributed by atoms with Crippen molar-refractivity contribution in [3.63, 3.8) is 0 Å². The fourth-order valence-corrected chi connectivity index (χ4v) is 2.39. The van der Waals surface area contributed by atoms with Gasteiger partial charge in [-0.25, -0.2) is 4.39 Å². The number of tetrazole rings is 1. The lowest BCUT2D eigenvalue weighted by molar-refractivity contribution is 0.493. The molecule has 21 heavy (non-hydrogen) atoms. The van der Waals surface area contributed by atoms with E-state index in [1.807, 2.05) is 0 Å². The van der Waals surface area contributed by atoms with Crippen LogP contribution in [-0.4, -0.2) is 32.8 Å². The Morgan fingerprint density at radius 1 is 1.38 bits per heavy atom. The van der Waals surface area contributed by atoms with Crippen LogP contribution in [0.2, 0.25) is 5.02 Å². The summed E-state index contributed by atoms with van der Waals surface area (Å²) in [6, 6.07) is 4.63. The minimum absolute atomic E-state index is 0.136. The van der Waals surface area contributed by atoms with Crippen molar-refractivity contribution in [3.8, 4) is 0 Å². The van der Waals surface area contributed by atoms with E-state index in [1.165, 1.54) is 16.9 Å². The van der Waals surface area contributed by atoms with E-state index in [2.05, 4.69) is 27.7 Å². The van der Waals surface area contributed by atoms with Gasteiger partial charge in [-0.2, -0.15) is 4.80 Å². The van der Waals surface area contributed by atoms with Gasteiger partial charge in [0.2, 0.25) is 0 Å². The van der Waals surface area contributed by atoms with Crippen LogP contribution in [0.5, 0.6) is 0 Å². The van der Waals surface area contributed by atoms with Gasteiger partial charge in [-0.15, -0.1) is 10.2 Å². The van der Waals surface area contributed by atoms with E-state index >= 15 is 0 Å². The van der Waals surface area contributed by atoms with Gasteiger partial charge in [-0.3, -0.25) is 0 Å².